The van der Waals surface area contributed by atoms with E-state index in [0.29, 0.717) is 28.2 Å². The molecule has 3 heterocycles. The van der Waals surface area contributed by atoms with Crippen LogP contribution in [-0.4, -0.2) is 36.7 Å². The molecule has 1 aliphatic rings. The Kier molecular flexibility index (Phi) is 3.50. The van der Waals surface area contributed by atoms with Crippen LogP contribution in [0.5, 0.6) is 11.5 Å². The number of para-hydroxylation sites is 1. The van der Waals surface area contributed by atoms with Crippen LogP contribution in [0.25, 0.3) is 16.9 Å². The summed E-state index contributed by atoms with van der Waals surface area (Å²) in [5, 5.41) is 22.8. The van der Waals surface area contributed by atoms with Crippen LogP contribution in [0, 0.1) is 10.1 Å². The van der Waals surface area contributed by atoms with E-state index < -0.39 is 4.92 Å². The molecule has 0 bridgehead atoms. The molecule has 0 saturated carbocycles. The second-order valence-corrected chi connectivity index (χ2v) is 5.83. The Labute approximate surface area is 156 Å². The van der Waals surface area contributed by atoms with Gasteiger partial charge in [-0.1, -0.05) is 17.3 Å². The van der Waals surface area contributed by atoms with E-state index in [-0.39, 0.29) is 24.1 Å². The van der Waals surface area contributed by atoms with Gasteiger partial charge < -0.3 is 14.8 Å². The summed E-state index contributed by atoms with van der Waals surface area (Å²) in [4.78, 5) is 19.4. The number of benzene rings is 2. The lowest BCUT2D eigenvalue weighted by atomic mass is 10.2. The van der Waals surface area contributed by atoms with Gasteiger partial charge in [-0.05, 0) is 24.3 Å². The monoisotopic (exact) mass is 377 g/mol. The highest BCUT2D eigenvalue weighted by molar-refractivity contribution is 5.78. The maximum Gasteiger partial charge on any atom is 0.356 e. The molecule has 4 aromatic rings. The van der Waals surface area contributed by atoms with Crippen molar-refractivity contribution in [2.24, 2.45) is 0 Å². The first-order valence-electron chi connectivity index (χ1n) is 8.17. The molecular formula is C17H11N7O4. The van der Waals surface area contributed by atoms with Crippen LogP contribution in [0.1, 0.15) is 0 Å². The van der Waals surface area contributed by atoms with Crippen LogP contribution in [-0.2, 0) is 0 Å². The van der Waals surface area contributed by atoms with E-state index in [2.05, 4.69) is 25.6 Å². The van der Waals surface area contributed by atoms with Crippen molar-refractivity contribution in [1.29, 1.82) is 0 Å². The van der Waals surface area contributed by atoms with Crippen molar-refractivity contribution in [2.75, 3.05) is 12.1 Å². The van der Waals surface area contributed by atoms with E-state index in [1.807, 2.05) is 6.07 Å². The number of nitro groups is 1. The number of nitrogens with zero attached hydrogens (tertiary/aromatic N) is 6. The lowest BCUT2D eigenvalue weighted by Crippen LogP contribution is -2.08. The summed E-state index contributed by atoms with van der Waals surface area (Å²) in [5.74, 6) is 1.19. The van der Waals surface area contributed by atoms with Crippen LogP contribution in [0.15, 0.2) is 48.8 Å². The van der Waals surface area contributed by atoms with Crippen molar-refractivity contribution in [2.45, 2.75) is 0 Å². The zero-order chi connectivity index (χ0) is 19.1. The van der Waals surface area contributed by atoms with Gasteiger partial charge in [0.25, 0.3) is 0 Å². The highest BCUT2D eigenvalue weighted by Crippen LogP contribution is 2.37. The van der Waals surface area contributed by atoms with E-state index in [1.165, 1.54) is 11.0 Å². The lowest BCUT2D eigenvalue weighted by Gasteiger charge is -2.09. The molecule has 138 valence electrons. The Bertz CT molecular complexity index is 1220. The average molecular weight is 377 g/mol. The van der Waals surface area contributed by atoms with Crippen molar-refractivity contribution < 1.29 is 14.4 Å². The number of aromatic nitrogens is 5. The van der Waals surface area contributed by atoms with Crippen LogP contribution < -0.4 is 14.8 Å². The molecule has 11 nitrogen and oxygen atoms in total. The van der Waals surface area contributed by atoms with Gasteiger partial charge in [-0.3, -0.25) is 10.1 Å². The SMILES string of the molecule is O=[N+]([O-])c1c(Nc2ccc3c(c2)OCO3)ncnc1-n1nnc2ccccc21. The number of ether oxygens (including phenoxy) is 2. The predicted octanol–water partition coefficient (Wildman–Crippen LogP) is 2.59. The Morgan fingerprint density at radius 3 is 2.86 bits per heavy atom. The number of anilines is 2. The summed E-state index contributed by atoms with van der Waals surface area (Å²) in [6.45, 7) is 0.135. The van der Waals surface area contributed by atoms with Gasteiger partial charge in [0.05, 0.1) is 10.4 Å². The van der Waals surface area contributed by atoms with E-state index in [9.17, 15) is 10.1 Å². The third kappa shape index (κ3) is 2.53. The van der Waals surface area contributed by atoms with Crippen LogP contribution in [0.2, 0.25) is 0 Å². The minimum absolute atomic E-state index is 0.0111. The van der Waals surface area contributed by atoms with Crippen molar-refractivity contribution in [3.8, 4) is 17.3 Å². The number of hydrogen-bond acceptors (Lipinski definition) is 9. The van der Waals surface area contributed by atoms with Gasteiger partial charge in [0.15, 0.2) is 11.5 Å². The molecule has 28 heavy (non-hydrogen) atoms. The van der Waals surface area contributed by atoms with E-state index >= 15 is 0 Å². The van der Waals surface area contributed by atoms with Crippen LogP contribution in [0.4, 0.5) is 17.2 Å². The molecule has 11 heteroatoms. The summed E-state index contributed by atoms with van der Waals surface area (Å²) in [6, 6.07) is 12.2. The highest BCUT2D eigenvalue weighted by atomic mass is 16.7. The maximum absolute atomic E-state index is 11.8. The maximum atomic E-state index is 11.8. The van der Waals surface area contributed by atoms with Crippen LogP contribution in [0.3, 0.4) is 0 Å². The quantitative estimate of drug-likeness (QED) is 0.421. The Morgan fingerprint density at radius 1 is 1.11 bits per heavy atom. The Morgan fingerprint density at radius 2 is 1.96 bits per heavy atom. The minimum atomic E-state index is -0.554. The highest BCUT2D eigenvalue weighted by Gasteiger charge is 2.27. The molecule has 2 aromatic carbocycles. The Hall–Kier alpha value is -4.28. The molecule has 0 saturated heterocycles. The van der Waals surface area contributed by atoms with Crippen molar-refractivity contribution in [3.63, 3.8) is 0 Å². The zero-order valence-electron chi connectivity index (χ0n) is 14.1. The van der Waals surface area contributed by atoms with Gasteiger partial charge in [-0.15, -0.1) is 5.10 Å². The molecule has 0 fully saturated rings. The van der Waals surface area contributed by atoms with Gasteiger partial charge in [0, 0.05) is 11.8 Å². The zero-order valence-corrected chi connectivity index (χ0v) is 14.1. The Balaban J connectivity index is 1.61. The topological polar surface area (TPSA) is 130 Å². The molecule has 0 atom stereocenters. The van der Waals surface area contributed by atoms with Gasteiger partial charge in [-0.25, -0.2) is 9.97 Å². The van der Waals surface area contributed by atoms with Crippen molar-refractivity contribution >= 4 is 28.2 Å². The summed E-state index contributed by atoms with van der Waals surface area (Å²) >= 11 is 0. The molecule has 0 amide bonds. The molecule has 2 aromatic heterocycles. The standard InChI is InChI=1S/C17H11N7O4/c25-24(26)15-16(20-10-5-6-13-14(7-10)28-9-27-13)18-8-19-17(15)23-12-4-2-1-3-11(12)21-22-23/h1-8H,9H2,(H,18,19,20). The van der Waals surface area contributed by atoms with Crippen molar-refractivity contribution in [3.05, 3.63) is 58.9 Å². The second kappa shape index (κ2) is 6.16. The molecule has 5 rings (SSSR count). The largest absolute Gasteiger partial charge is 0.454 e. The summed E-state index contributed by atoms with van der Waals surface area (Å²) < 4.78 is 11.9. The van der Waals surface area contributed by atoms with Gasteiger partial charge in [-0.2, -0.15) is 4.68 Å². The average Bonchev–Trinajstić information content (AvgIpc) is 3.34. The molecule has 0 aliphatic carbocycles. The first-order valence-corrected chi connectivity index (χ1v) is 8.17. The molecule has 0 spiro atoms. The first kappa shape index (κ1) is 15.9. The fourth-order valence-electron chi connectivity index (χ4n) is 2.92. The number of fused-ring (bicyclic) bond motifs is 2. The third-order valence-corrected chi connectivity index (χ3v) is 4.17. The molecular weight excluding hydrogens is 366 g/mol. The summed E-state index contributed by atoms with van der Waals surface area (Å²) in [5.41, 5.74) is 1.43. The number of hydrogen-bond donors (Lipinski definition) is 1. The summed E-state index contributed by atoms with van der Waals surface area (Å²) in [6.07, 6.45) is 1.23. The normalized spacial score (nSPS) is 12.3. The summed E-state index contributed by atoms with van der Waals surface area (Å²) in [7, 11) is 0. The van der Waals surface area contributed by atoms with Gasteiger partial charge >= 0.3 is 5.69 Å². The molecule has 1 N–H and O–H groups in total. The fourth-order valence-corrected chi connectivity index (χ4v) is 2.92. The second-order valence-electron chi connectivity index (χ2n) is 5.83. The first-order chi connectivity index (χ1) is 13.7. The lowest BCUT2D eigenvalue weighted by molar-refractivity contribution is -0.384. The fraction of sp³-hybridized carbons (Fsp3) is 0.0588. The number of rotatable bonds is 4. The predicted molar refractivity (Wildman–Crippen MR) is 97.0 cm³/mol. The molecule has 1 aliphatic heterocycles. The van der Waals surface area contributed by atoms with E-state index in [0.717, 1.165) is 0 Å². The van der Waals surface area contributed by atoms with Crippen LogP contribution >= 0.6 is 0 Å². The number of nitrogens with one attached hydrogen (secondary N) is 1. The third-order valence-electron chi connectivity index (χ3n) is 4.17. The molecule has 0 radical (unpaired) electrons. The van der Waals surface area contributed by atoms with E-state index in [4.69, 9.17) is 9.47 Å². The minimum Gasteiger partial charge on any atom is -0.454 e. The smallest absolute Gasteiger partial charge is 0.356 e. The van der Waals surface area contributed by atoms with Crippen molar-refractivity contribution in [1.82, 2.24) is 25.0 Å². The van der Waals surface area contributed by atoms with Gasteiger partial charge in [0.2, 0.25) is 18.4 Å². The van der Waals surface area contributed by atoms with Gasteiger partial charge in [0.1, 0.15) is 11.8 Å². The van der Waals surface area contributed by atoms with E-state index in [1.54, 1.807) is 36.4 Å². The molecule has 0 unspecified atom stereocenters.